The molecule has 0 bridgehead atoms. The number of fused-ring (bicyclic) bond motifs is 8. The molecule has 0 atom stereocenters. The first-order valence-corrected chi connectivity index (χ1v) is 17.8. The van der Waals surface area contributed by atoms with Crippen LogP contribution in [-0.2, 0) is 0 Å². The predicted octanol–water partition coefficient (Wildman–Crippen LogP) is 8.38. The topological polar surface area (TPSA) is 330 Å². The number of aromatic hydroxyl groups is 15. The van der Waals surface area contributed by atoms with Gasteiger partial charge in [-0.2, -0.15) is 0 Å². The van der Waals surface area contributed by atoms with Gasteiger partial charge in [0.2, 0.25) is 40.2 Å². The predicted molar refractivity (Wildman–Crippen MR) is 217 cm³/mol. The standard InChI is InChI=1S/C44H26O17/c45-28-21-19(16-7-2-1-5-13(16)12-9-10-15-14-6-3-4-8-17(14)60-18(15)11-12)22-24(31(48)39(56)37(54)29(22)46)20(23(21)30(47)38(55)36(28)53)25-32(49)33(50)26-27-34(51)40(57)41(58)42(59)44(27)61-43(26)35(25)52/h1-11,45-59H. The third kappa shape index (κ3) is 4.42. The summed E-state index contributed by atoms with van der Waals surface area (Å²) < 4.78 is 11.6. The van der Waals surface area contributed by atoms with Crippen LogP contribution in [0.3, 0.4) is 0 Å². The van der Waals surface area contributed by atoms with E-state index >= 15 is 0 Å². The van der Waals surface area contributed by atoms with Crippen molar-refractivity contribution in [3.05, 3.63) is 66.7 Å². The Kier molecular flexibility index (Phi) is 7.10. The number of hydrogen-bond acceptors (Lipinski definition) is 17. The van der Waals surface area contributed by atoms with Crippen molar-refractivity contribution >= 4 is 65.4 Å². The lowest BCUT2D eigenvalue weighted by Crippen LogP contribution is -1.96. The Bertz CT molecular complexity index is 3570. The third-order valence-corrected chi connectivity index (χ3v) is 11.1. The molecule has 8 aromatic carbocycles. The van der Waals surface area contributed by atoms with Crippen LogP contribution in [0.15, 0.2) is 75.6 Å². The quantitative estimate of drug-likeness (QED) is 0.0451. The Balaban J connectivity index is 1.42. The van der Waals surface area contributed by atoms with Gasteiger partial charge in [-0.1, -0.05) is 48.5 Å². The van der Waals surface area contributed by atoms with Crippen LogP contribution in [0.4, 0.5) is 0 Å². The van der Waals surface area contributed by atoms with E-state index in [9.17, 15) is 76.6 Å². The number of benzene rings is 8. The molecule has 304 valence electrons. The van der Waals surface area contributed by atoms with Gasteiger partial charge >= 0.3 is 0 Å². The highest BCUT2D eigenvalue weighted by molar-refractivity contribution is 6.31. The molecule has 0 aliphatic rings. The molecule has 10 aromatic rings. The Labute approximate surface area is 336 Å². The van der Waals surface area contributed by atoms with Crippen LogP contribution in [0.25, 0.3) is 98.8 Å². The highest BCUT2D eigenvalue weighted by atomic mass is 16.4. The van der Waals surface area contributed by atoms with E-state index in [1.165, 1.54) is 12.1 Å². The number of hydrogen-bond donors (Lipinski definition) is 15. The maximum atomic E-state index is 12.0. The lowest BCUT2D eigenvalue weighted by Gasteiger charge is -2.24. The Morgan fingerprint density at radius 3 is 1.28 bits per heavy atom. The smallest absolute Gasteiger partial charge is 0.208 e. The Morgan fingerprint density at radius 2 is 0.705 bits per heavy atom. The van der Waals surface area contributed by atoms with Crippen molar-refractivity contribution in [2.24, 2.45) is 0 Å². The maximum absolute atomic E-state index is 12.0. The van der Waals surface area contributed by atoms with Gasteiger partial charge in [-0.3, -0.25) is 0 Å². The van der Waals surface area contributed by atoms with Crippen molar-refractivity contribution in [3.63, 3.8) is 0 Å². The summed E-state index contributed by atoms with van der Waals surface area (Å²) in [5.74, 6) is -19.3. The Morgan fingerprint density at radius 1 is 0.279 bits per heavy atom. The van der Waals surface area contributed by atoms with Crippen LogP contribution in [0.1, 0.15) is 0 Å². The van der Waals surface area contributed by atoms with Gasteiger partial charge in [0.15, 0.2) is 57.2 Å². The maximum Gasteiger partial charge on any atom is 0.208 e. The zero-order chi connectivity index (χ0) is 43.2. The number of furan rings is 2. The summed E-state index contributed by atoms with van der Waals surface area (Å²) >= 11 is 0. The van der Waals surface area contributed by atoms with E-state index in [-0.39, 0.29) is 5.56 Å². The highest BCUT2D eigenvalue weighted by Crippen LogP contribution is 2.66. The SMILES string of the molecule is Oc1c(O)c(O)c2c(oc3c(O)c(-c4c5c(O)c(O)c(O)c(O)c5c(-c5ccccc5-c5ccc6c(c5)oc5ccccc56)c5c(O)c(O)c(O)c(O)c45)c(O)c(O)c32)c1O. The summed E-state index contributed by atoms with van der Waals surface area (Å²) in [5, 5.41) is 165. The van der Waals surface area contributed by atoms with Crippen LogP contribution in [0.5, 0.6) is 86.2 Å². The lowest BCUT2D eigenvalue weighted by atomic mass is 9.81. The van der Waals surface area contributed by atoms with Gasteiger partial charge in [0.05, 0.1) is 16.3 Å². The summed E-state index contributed by atoms with van der Waals surface area (Å²) in [5.41, 5.74) is -2.27. The van der Waals surface area contributed by atoms with Gasteiger partial charge in [-0.15, -0.1) is 0 Å². The van der Waals surface area contributed by atoms with Gasteiger partial charge in [-0.05, 0) is 34.9 Å². The first kappa shape index (κ1) is 36.2. The van der Waals surface area contributed by atoms with Crippen molar-refractivity contribution in [2.75, 3.05) is 0 Å². The van der Waals surface area contributed by atoms with Gasteiger partial charge < -0.3 is 85.4 Å². The van der Waals surface area contributed by atoms with E-state index in [0.717, 1.165) is 10.8 Å². The normalized spacial score (nSPS) is 11.9. The molecule has 2 aromatic heterocycles. The minimum absolute atomic E-state index is 0.0358. The van der Waals surface area contributed by atoms with Crippen LogP contribution < -0.4 is 0 Å². The molecular formula is C44H26O17. The molecule has 0 spiro atoms. The molecule has 61 heavy (non-hydrogen) atoms. The summed E-state index contributed by atoms with van der Waals surface area (Å²) in [4.78, 5) is 0. The molecule has 2 heterocycles. The molecule has 17 heteroatoms. The van der Waals surface area contributed by atoms with E-state index in [2.05, 4.69) is 0 Å². The van der Waals surface area contributed by atoms with E-state index < -0.39 is 146 Å². The average molecular weight is 827 g/mol. The fourth-order valence-electron chi connectivity index (χ4n) is 8.35. The molecule has 17 nitrogen and oxygen atoms in total. The van der Waals surface area contributed by atoms with E-state index in [4.69, 9.17) is 8.83 Å². The second kappa shape index (κ2) is 12.0. The van der Waals surface area contributed by atoms with Crippen molar-refractivity contribution in [1.82, 2.24) is 0 Å². The fourth-order valence-corrected chi connectivity index (χ4v) is 8.35. The zero-order valence-electron chi connectivity index (χ0n) is 30.4. The van der Waals surface area contributed by atoms with Gasteiger partial charge in [-0.25, -0.2) is 0 Å². The van der Waals surface area contributed by atoms with Crippen molar-refractivity contribution in [1.29, 1.82) is 0 Å². The number of phenols is 15. The van der Waals surface area contributed by atoms with Crippen LogP contribution in [0.2, 0.25) is 0 Å². The third-order valence-electron chi connectivity index (χ3n) is 11.1. The van der Waals surface area contributed by atoms with Crippen LogP contribution in [0, 0.1) is 0 Å². The molecule has 0 fully saturated rings. The van der Waals surface area contributed by atoms with Crippen molar-refractivity contribution in [3.8, 4) is 120 Å². The molecule has 0 aliphatic carbocycles. The van der Waals surface area contributed by atoms with Gasteiger partial charge in [0.25, 0.3) is 0 Å². The number of phenolic OH excluding ortho intramolecular Hbond substituents is 15. The molecule has 0 unspecified atom stereocenters. The molecule has 10 rings (SSSR count). The summed E-state index contributed by atoms with van der Waals surface area (Å²) in [6.45, 7) is 0. The molecule has 0 amide bonds. The monoisotopic (exact) mass is 826 g/mol. The molecule has 15 N–H and O–H groups in total. The minimum atomic E-state index is -1.39. The van der Waals surface area contributed by atoms with E-state index in [0.29, 0.717) is 22.3 Å². The lowest BCUT2D eigenvalue weighted by molar-refractivity contribution is 0.348. The van der Waals surface area contributed by atoms with Crippen LogP contribution in [-0.4, -0.2) is 76.6 Å². The highest BCUT2D eigenvalue weighted by Gasteiger charge is 2.37. The Hall–Kier alpha value is -9.12. The van der Waals surface area contributed by atoms with E-state index in [1.54, 1.807) is 42.5 Å². The average Bonchev–Trinajstić information content (AvgIpc) is 3.85. The fraction of sp³-hybridized carbons (Fsp3) is 0. The zero-order valence-corrected chi connectivity index (χ0v) is 30.4. The van der Waals surface area contributed by atoms with Gasteiger partial charge in [0.1, 0.15) is 11.2 Å². The van der Waals surface area contributed by atoms with Crippen LogP contribution >= 0.6 is 0 Å². The molecule has 0 aliphatic heterocycles. The second-order valence-corrected chi connectivity index (χ2v) is 14.2. The van der Waals surface area contributed by atoms with Gasteiger partial charge in [0, 0.05) is 43.4 Å². The first-order chi connectivity index (χ1) is 29.1. The molecular weight excluding hydrogens is 800 g/mol. The largest absolute Gasteiger partial charge is 0.504 e. The van der Waals surface area contributed by atoms with E-state index in [1.807, 2.05) is 12.1 Å². The second-order valence-electron chi connectivity index (χ2n) is 14.2. The summed E-state index contributed by atoms with van der Waals surface area (Å²) in [7, 11) is 0. The van der Waals surface area contributed by atoms with Crippen molar-refractivity contribution < 1.29 is 85.4 Å². The number of para-hydroxylation sites is 1. The summed E-state index contributed by atoms with van der Waals surface area (Å²) in [6, 6.07) is 18.7. The number of rotatable bonds is 3. The van der Waals surface area contributed by atoms with Crippen molar-refractivity contribution in [2.45, 2.75) is 0 Å². The molecule has 0 saturated heterocycles. The minimum Gasteiger partial charge on any atom is -0.504 e. The summed E-state index contributed by atoms with van der Waals surface area (Å²) in [6.07, 6.45) is 0. The molecule has 0 saturated carbocycles. The molecule has 0 radical (unpaired) electrons. The first-order valence-electron chi connectivity index (χ1n) is 17.8.